The highest BCUT2D eigenvalue weighted by Gasteiger charge is 2.66. The number of aliphatic hydroxyl groups excluding tert-OH is 1. The van der Waals surface area contributed by atoms with Gasteiger partial charge in [0.1, 0.15) is 0 Å². The zero-order valence-electron chi connectivity index (χ0n) is 29.1. The summed E-state index contributed by atoms with van der Waals surface area (Å²) in [4.78, 5) is 56.7. The minimum absolute atomic E-state index is 0.00852. The van der Waals surface area contributed by atoms with Crippen molar-refractivity contribution in [2.24, 2.45) is 5.92 Å². The highest BCUT2D eigenvalue weighted by molar-refractivity contribution is 6.71. The number of ether oxygens (including phenoxy) is 1. The third-order valence-corrected chi connectivity index (χ3v) is 13.4. The minimum Gasteiger partial charge on any atom is -0.432 e. The van der Waals surface area contributed by atoms with E-state index in [0.29, 0.717) is 29.9 Å². The molecular weight excluding hydrogens is 661 g/mol. The summed E-state index contributed by atoms with van der Waals surface area (Å²) in [6.45, 7) is 6.14. The zero-order valence-corrected chi connectivity index (χ0v) is 30.1. The fourth-order valence-electron chi connectivity index (χ4n) is 8.43. The summed E-state index contributed by atoms with van der Waals surface area (Å²) in [5.41, 5.74) is 10.1. The predicted octanol–water partition coefficient (Wildman–Crippen LogP) is 5.20. The molecule has 3 amide bonds. The topological polar surface area (TPSA) is 145 Å². The Bertz CT molecular complexity index is 1960. The van der Waals surface area contributed by atoms with Gasteiger partial charge in [0.25, 0.3) is 11.8 Å². The molecule has 7 rings (SSSR count). The first-order valence-corrected chi connectivity index (χ1v) is 20.5. The number of rotatable bonds is 8. The first kappa shape index (κ1) is 34.6. The van der Waals surface area contributed by atoms with Gasteiger partial charge in [-0.2, -0.15) is 0 Å². The summed E-state index contributed by atoms with van der Waals surface area (Å²) in [5, 5.41) is 13.2. The van der Waals surface area contributed by atoms with E-state index in [4.69, 9.17) is 10.5 Å². The summed E-state index contributed by atoms with van der Waals surface area (Å²) >= 11 is 0. The monoisotopic (exact) mass is 704 g/mol. The number of hydrogen-bond acceptors (Lipinski definition) is 7. The number of hydrogen-bond donors (Lipinski definition) is 4. The van der Waals surface area contributed by atoms with E-state index in [-0.39, 0.29) is 43.3 Å². The average Bonchev–Trinajstić information content (AvgIpc) is 3.54. The normalized spacial score (nSPS) is 24.1. The molecule has 0 radical (unpaired) electrons. The Kier molecular flexibility index (Phi) is 9.09. The lowest BCUT2D eigenvalue weighted by Crippen LogP contribution is -2.48. The van der Waals surface area contributed by atoms with Crippen molar-refractivity contribution in [1.82, 2.24) is 4.90 Å². The number of carbonyl (C=O) groups is 3. The lowest BCUT2D eigenvalue weighted by molar-refractivity contribution is -0.151. The number of anilines is 3. The predicted molar refractivity (Wildman–Crippen MR) is 198 cm³/mol. The van der Waals surface area contributed by atoms with Crippen LogP contribution in [0.15, 0.2) is 97.1 Å². The molecular formula is C40H44N4O6Si. The quantitative estimate of drug-likeness (QED) is 0.146. The fourth-order valence-corrected chi connectivity index (χ4v) is 11.0. The number of carbonyl (C=O) groups excluding carboxylic acids is 3. The van der Waals surface area contributed by atoms with E-state index in [1.807, 2.05) is 80.7 Å². The van der Waals surface area contributed by atoms with Crippen molar-refractivity contribution in [2.45, 2.75) is 69.2 Å². The molecule has 3 aliphatic heterocycles. The molecule has 1 spiro atoms. The Morgan fingerprint density at radius 1 is 0.961 bits per heavy atom. The van der Waals surface area contributed by atoms with Crippen LogP contribution in [-0.2, 0) is 39.4 Å². The molecule has 5 N–H and O–H groups in total. The Balaban J connectivity index is 1.13. The second-order valence-electron chi connectivity index (χ2n) is 14.6. The van der Waals surface area contributed by atoms with Crippen LogP contribution < -0.4 is 16.0 Å². The summed E-state index contributed by atoms with van der Waals surface area (Å²) < 4.78 is 6.90. The van der Waals surface area contributed by atoms with Crippen molar-refractivity contribution in [1.29, 1.82) is 0 Å². The molecule has 1 saturated heterocycles. The summed E-state index contributed by atoms with van der Waals surface area (Å²) in [6, 6.07) is 29.2. The van der Waals surface area contributed by atoms with Crippen LogP contribution in [0.2, 0.25) is 18.6 Å². The molecule has 0 aromatic heterocycles. The van der Waals surface area contributed by atoms with Gasteiger partial charge in [-0.25, -0.2) is 0 Å². The molecule has 0 unspecified atom stereocenters. The maximum atomic E-state index is 14.8. The number of benzene rings is 4. The molecule has 0 bridgehead atoms. The van der Waals surface area contributed by atoms with E-state index >= 15 is 0 Å². The first-order chi connectivity index (χ1) is 24.4. The van der Waals surface area contributed by atoms with Crippen LogP contribution in [0.4, 0.5) is 17.1 Å². The third kappa shape index (κ3) is 6.24. The molecule has 0 aliphatic carbocycles. The van der Waals surface area contributed by atoms with Crippen molar-refractivity contribution >= 4 is 43.1 Å². The van der Waals surface area contributed by atoms with Gasteiger partial charge in [0.2, 0.25) is 5.91 Å². The maximum Gasteiger partial charge on any atom is 0.264 e. The Hall–Kier alpha value is -4.81. The largest absolute Gasteiger partial charge is 0.432 e. The van der Waals surface area contributed by atoms with Gasteiger partial charge in [0, 0.05) is 40.5 Å². The van der Waals surface area contributed by atoms with Gasteiger partial charge in [0.15, 0.2) is 13.9 Å². The van der Waals surface area contributed by atoms with Gasteiger partial charge < -0.3 is 35.5 Å². The minimum atomic E-state index is -2.99. The van der Waals surface area contributed by atoms with Crippen molar-refractivity contribution in [3.05, 3.63) is 125 Å². The SMILES string of the molecule is C[C@H]1[C@H]([Si](C)(C)O)[C@@H](CC(=O)N2Cc3ccccc3C[C@H]2CO)O[C@]12C(=O)N(Cc1ccc(NC(=O)c3ccc(N)cc3)cc1)c1ccccc12. The van der Waals surface area contributed by atoms with Crippen LogP contribution in [0.5, 0.6) is 0 Å². The summed E-state index contributed by atoms with van der Waals surface area (Å²) in [5.74, 6) is -1.06. The number of nitrogen functional groups attached to an aromatic ring is 1. The standard InChI is InChI=1S/C40H44N4O6Si/c1-25-37(51(2,3)49)35(21-36(46)43-23-29-9-5-4-8-28(29)20-32(43)24-45)50-40(25)33-10-6-7-11-34(33)44(39(40)48)22-26-12-18-31(19-13-26)42-38(47)27-14-16-30(41)17-15-27/h4-19,25,32,35,37,45,49H,20-24,41H2,1-3H3,(H,42,47)/t25-,32-,35+,37-,40+/m0/s1. The third-order valence-electron chi connectivity index (χ3n) is 10.9. The van der Waals surface area contributed by atoms with Gasteiger partial charge in [-0.3, -0.25) is 14.4 Å². The van der Waals surface area contributed by atoms with Crippen molar-refractivity contribution in [3.8, 4) is 0 Å². The van der Waals surface area contributed by atoms with Gasteiger partial charge in [-0.15, -0.1) is 0 Å². The number of aliphatic hydroxyl groups is 1. The molecule has 3 aliphatic rings. The second kappa shape index (κ2) is 13.4. The van der Waals surface area contributed by atoms with Crippen LogP contribution in [-0.4, -0.2) is 59.6 Å². The highest BCUT2D eigenvalue weighted by atomic mass is 28.4. The van der Waals surface area contributed by atoms with Crippen LogP contribution in [0.3, 0.4) is 0 Å². The number of fused-ring (bicyclic) bond motifs is 3. The molecule has 1 fully saturated rings. The Morgan fingerprint density at radius 2 is 1.63 bits per heavy atom. The van der Waals surface area contributed by atoms with E-state index < -0.39 is 31.5 Å². The molecule has 51 heavy (non-hydrogen) atoms. The van der Waals surface area contributed by atoms with Crippen LogP contribution in [0.25, 0.3) is 0 Å². The number of nitrogens with one attached hydrogen (secondary N) is 1. The Morgan fingerprint density at radius 3 is 2.31 bits per heavy atom. The molecule has 10 nitrogen and oxygen atoms in total. The fraction of sp³-hybridized carbons (Fsp3) is 0.325. The number of para-hydroxylation sites is 1. The number of nitrogens with two attached hydrogens (primary N) is 1. The molecule has 11 heteroatoms. The van der Waals surface area contributed by atoms with E-state index in [1.165, 1.54) is 0 Å². The molecule has 4 aromatic carbocycles. The summed E-state index contributed by atoms with van der Waals surface area (Å²) in [7, 11) is -2.99. The van der Waals surface area contributed by atoms with Gasteiger partial charge in [0.05, 0.1) is 37.4 Å². The Labute approximate surface area is 299 Å². The molecule has 5 atom stereocenters. The summed E-state index contributed by atoms with van der Waals surface area (Å²) in [6.07, 6.45) is -0.146. The highest BCUT2D eigenvalue weighted by Crippen LogP contribution is 2.59. The van der Waals surface area contributed by atoms with Crippen LogP contribution >= 0.6 is 0 Å². The molecule has 264 valence electrons. The maximum absolute atomic E-state index is 14.8. The van der Waals surface area contributed by atoms with Gasteiger partial charge in [-0.1, -0.05) is 61.5 Å². The van der Waals surface area contributed by atoms with Crippen LogP contribution in [0.1, 0.15) is 46.0 Å². The first-order valence-electron chi connectivity index (χ1n) is 17.4. The van der Waals surface area contributed by atoms with Gasteiger partial charge >= 0.3 is 0 Å². The average molecular weight is 705 g/mol. The van der Waals surface area contributed by atoms with E-state index in [9.17, 15) is 24.3 Å². The molecule has 0 saturated carbocycles. The van der Waals surface area contributed by atoms with Crippen LogP contribution in [0, 0.1) is 5.92 Å². The van der Waals surface area contributed by atoms with Crippen molar-refractivity contribution in [2.75, 3.05) is 22.6 Å². The van der Waals surface area contributed by atoms with Crippen molar-refractivity contribution in [3.63, 3.8) is 0 Å². The van der Waals surface area contributed by atoms with Gasteiger partial charge in [-0.05, 0) is 78.7 Å². The lowest BCUT2D eigenvalue weighted by atomic mass is 9.82. The molecule has 4 aromatic rings. The number of nitrogens with zero attached hydrogens (tertiary/aromatic N) is 2. The van der Waals surface area contributed by atoms with E-state index in [2.05, 4.69) is 5.32 Å². The molecule has 3 heterocycles. The zero-order chi connectivity index (χ0) is 36.1. The number of amides is 3. The second-order valence-corrected chi connectivity index (χ2v) is 18.6. The smallest absolute Gasteiger partial charge is 0.264 e. The lowest BCUT2D eigenvalue weighted by Gasteiger charge is -2.37. The van der Waals surface area contributed by atoms with E-state index in [1.54, 1.807) is 46.2 Å². The van der Waals surface area contributed by atoms with E-state index in [0.717, 1.165) is 27.9 Å². The van der Waals surface area contributed by atoms with Crippen molar-refractivity contribution < 1.29 is 29.0 Å².